The van der Waals surface area contributed by atoms with Crippen LogP contribution in [0.2, 0.25) is 5.28 Å². The molecule has 0 fully saturated rings. The Morgan fingerprint density at radius 2 is 2.05 bits per heavy atom. The minimum Gasteiger partial charge on any atom is -0.496 e. The molecular weight excluding hydrogens is 278 g/mol. The number of nitrogens with two attached hydrogens (primary N) is 1. The summed E-state index contributed by atoms with van der Waals surface area (Å²) < 4.78 is 5.24. The Labute approximate surface area is 122 Å². The van der Waals surface area contributed by atoms with Crippen molar-refractivity contribution in [1.82, 2.24) is 15.0 Å². The molecule has 3 N–H and O–H groups in total. The summed E-state index contributed by atoms with van der Waals surface area (Å²) in [5.41, 5.74) is 7.68. The van der Waals surface area contributed by atoms with Crippen molar-refractivity contribution in [3.8, 4) is 5.75 Å². The third kappa shape index (κ3) is 3.27. The van der Waals surface area contributed by atoms with Crippen LogP contribution in [0.3, 0.4) is 0 Å². The SMILES string of the molecule is COc1ccc(C(C)Nc2nc(N)nc(Cl)n2)cc1C. The second-order valence-corrected chi connectivity index (χ2v) is 4.72. The maximum atomic E-state index is 5.75. The number of anilines is 2. The smallest absolute Gasteiger partial charge is 0.229 e. The van der Waals surface area contributed by atoms with Gasteiger partial charge in [-0.2, -0.15) is 15.0 Å². The number of aromatic nitrogens is 3. The van der Waals surface area contributed by atoms with E-state index in [1.54, 1.807) is 7.11 Å². The Balaban J connectivity index is 2.19. The number of methoxy groups -OCH3 is 1. The number of nitrogens with zero attached hydrogens (tertiary/aromatic N) is 3. The number of hydrogen-bond donors (Lipinski definition) is 2. The molecule has 0 aliphatic rings. The summed E-state index contributed by atoms with van der Waals surface area (Å²) in [5.74, 6) is 1.29. The van der Waals surface area contributed by atoms with Gasteiger partial charge >= 0.3 is 0 Å². The summed E-state index contributed by atoms with van der Waals surface area (Å²) in [4.78, 5) is 11.7. The molecule has 0 saturated carbocycles. The molecule has 0 spiro atoms. The molecule has 106 valence electrons. The monoisotopic (exact) mass is 293 g/mol. The van der Waals surface area contributed by atoms with Crippen molar-refractivity contribution in [3.05, 3.63) is 34.6 Å². The van der Waals surface area contributed by atoms with E-state index >= 15 is 0 Å². The van der Waals surface area contributed by atoms with Gasteiger partial charge in [-0.05, 0) is 42.6 Å². The fourth-order valence-electron chi connectivity index (χ4n) is 1.88. The number of aryl methyl sites for hydroxylation is 1. The molecule has 0 aliphatic heterocycles. The van der Waals surface area contributed by atoms with Crippen molar-refractivity contribution in [2.45, 2.75) is 19.9 Å². The Morgan fingerprint density at radius 3 is 2.65 bits per heavy atom. The number of benzene rings is 1. The molecule has 0 radical (unpaired) electrons. The number of nitrogens with one attached hydrogen (secondary N) is 1. The minimum absolute atomic E-state index is 0.00234. The molecule has 2 rings (SSSR count). The average Bonchev–Trinajstić information content (AvgIpc) is 2.37. The zero-order valence-electron chi connectivity index (χ0n) is 11.5. The first-order valence-electron chi connectivity index (χ1n) is 6.07. The van der Waals surface area contributed by atoms with Crippen molar-refractivity contribution in [1.29, 1.82) is 0 Å². The first-order chi connectivity index (χ1) is 9.49. The lowest BCUT2D eigenvalue weighted by molar-refractivity contribution is 0.411. The number of nitrogen functional groups attached to an aromatic ring is 1. The molecular formula is C13H16ClN5O. The molecule has 7 heteroatoms. The highest BCUT2D eigenvalue weighted by atomic mass is 35.5. The second-order valence-electron chi connectivity index (χ2n) is 4.38. The third-order valence-electron chi connectivity index (χ3n) is 2.89. The van der Waals surface area contributed by atoms with E-state index in [0.29, 0.717) is 5.95 Å². The van der Waals surface area contributed by atoms with Gasteiger partial charge in [-0.15, -0.1) is 0 Å². The lowest BCUT2D eigenvalue weighted by Crippen LogP contribution is -2.11. The molecule has 1 atom stereocenters. The summed E-state index contributed by atoms with van der Waals surface area (Å²) >= 11 is 5.75. The van der Waals surface area contributed by atoms with Crippen LogP contribution in [-0.2, 0) is 0 Å². The zero-order valence-corrected chi connectivity index (χ0v) is 12.3. The summed E-state index contributed by atoms with van der Waals surface area (Å²) in [6, 6.07) is 5.95. The molecule has 0 amide bonds. The molecule has 2 aromatic rings. The van der Waals surface area contributed by atoms with Gasteiger partial charge in [-0.1, -0.05) is 12.1 Å². The molecule has 0 aliphatic carbocycles. The van der Waals surface area contributed by atoms with E-state index in [2.05, 4.69) is 20.3 Å². The Hall–Kier alpha value is -2.08. The predicted octanol–water partition coefficient (Wildman–Crippen LogP) is 2.60. The maximum Gasteiger partial charge on any atom is 0.229 e. The van der Waals surface area contributed by atoms with Gasteiger partial charge in [0.15, 0.2) is 0 Å². The Kier molecular flexibility index (Phi) is 4.24. The second kappa shape index (κ2) is 5.92. The first kappa shape index (κ1) is 14.3. The first-order valence-corrected chi connectivity index (χ1v) is 6.45. The highest BCUT2D eigenvalue weighted by Gasteiger charge is 2.10. The van der Waals surface area contributed by atoms with Gasteiger partial charge in [0.25, 0.3) is 0 Å². The van der Waals surface area contributed by atoms with Crippen molar-refractivity contribution in [2.75, 3.05) is 18.2 Å². The van der Waals surface area contributed by atoms with Gasteiger partial charge in [-0.3, -0.25) is 0 Å². The lowest BCUT2D eigenvalue weighted by atomic mass is 10.1. The number of halogens is 1. The van der Waals surface area contributed by atoms with Crippen LogP contribution in [0.25, 0.3) is 0 Å². The van der Waals surface area contributed by atoms with Crippen LogP contribution in [-0.4, -0.2) is 22.1 Å². The molecule has 1 unspecified atom stereocenters. The van der Waals surface area contributed by atoms with E-state index in [1.165, 1.54) is 0 Å². The summed E-state index contributed by atoms with van der Waals surface area (Å²) in [6.07, 6.45) is 0. The third-order valence-corrected chi connectivity index (χ3v) is 3.06. The van der Waals surface area contributed by atoms with E-state index in [1.807, 2.05) is 32.0 Å². The van der Waals surface area contributed by atoms with Crippen LogP contribution in [0.15, 0.2) is 18.2 Å². The van der Waals surface area contributed by atoms with Crippen molar-refractivity contribution >= 4 is 23.5 Å². The van der Waals surface area contributed by atoms with Crippen LogP contribution >= 0.6 is 11.6 Å². The van der Waals surface area contributed by atoms with Crippen molar-refractivity contribution in [2.24, 2.45) is 0 Å². The van der Waals surface area contributed by atoms with Gasteiger partial charge in [0.2, 0.25) is 17.2 Å². The molecule has 6 nitrogen and oxygen atoms in total. The normalized spacial score (nSPS) is 12.0. The van der Waals surface area contributed by atoms with Gasteiger partial charge < -0.3 is 15.8 Å². The van der Waals surface area contributed by atoms with E-state index < -0.39 is 0 Å². The Morgan fingerprint density at radius 1 is 1.30 bits per heavy atom. The molecule has 1 aromatic heterocycles. The molecule has 1 aromatic carbocycles. The van der Waals surface area contributed by atoms with Gasteiger partial charge in [0.1, 0.15) is 5.75 Å². The maximum absolute atomic E-state index is 5.75. The van der Waals surface area contributed by atoms with Crippen LogP contribution in [0.5, 0.6) is 5.75 Å². The van der Waals surface area contributed by atoms with Gasteiger partial charge in [0, 0.05) is 0 Å². The number of hydrogen-bond acceptors (Lipinski definition) is 6. The van der Waals surface area contributed by atoms with Gasteiger partial charge in [-0.25, -0.2) is 0 Å². The molecule has 1 heterocycles. The number of rotatable bonds is 4. The van der Waals surface area contributed by atoms with Crippen LogP contribution in [0, 0.1) is 6.92 Å². The zero-order chi connectivity index (χ0) is 14.7. The van der Waals surface area contributed by atoms with E-state index in [0.717, 1.165) is 16.9 Å². The largest absolute Gasteiger partial charge is 0.496 e. The fourth-order valence-corrected chi connectivity index (χ4v) is 2.04. The molecule has 0 bridgehead atoms. The van der Waals surface area contributed by atoms with Gasteiger partial charge in [0.05, 0.1) is 13.2 Å². The highest BCUT2D eigenvalue weighted by molar-refractivity contribution is 6.28. The van der Waals surface area contributed by atoms with Crippen LogP contribution < -0.4 is 15.8 Å². The standard InChI is InChI=1S/C13H16ClN5O/c1-7-6-9(4-5-10(7)20-3)8(2)16-13-18-11(14)17-12(15)19-13/h4-6,8H,1-3H3,(H3,15,16,17,18,19). The average molecular weight is 294 g/mol. The predicted molar refractivity (Wildman–Crippen MR) is 79.0 cm³/mol. The van der Waals surface area contributed by atoms with Crippen molar-refractivity contribution in [3.63, 3.8) is 0 Å². The minimum atomic E-state index is -0.00234. The molecule has 0 saturated heterocycles. The summed E-state index contributed by atoms with van der Waals surface area (Å²) in [7, 11) is 1.65. The Bertz CT molecular complexity index is 599. The lowest BCUT2D eigenvalue weighted by Gasteiger charge is -2.16. The quantitative estimate of drug-likeness (QED) is 0.901. The topological polar surface area (TPSA) is 86.0 Å². The fraction of sp³-hybridized carbons (Fsp3) is 0.308. The van der Waals surface area contributed by atoms with E-state index in [4.69, 9.17) is 22.1 Å². The van der Waals surface area contributed by atoms with E-state index in [9.17, 15) is 0 Å². The summed E-state index contributed by atoms with van der Waals surface area (Å²) in [5, 5.41) is 3.20. The van der Waals surface area contributed by atoms with Crippen molar-refractivity contribution < 1.29 is 4.74 Å². The summed E-state index contributed by atoms with van der Waals surface area (Å²) in [6.45, 7) is 3.99. The van der Waals surface area contributed by atoms with E-state index in [-0.39, 0.29) is 17.3 Å². The highest BCUT2D eigenvalue weighted by Crippen LogP contribution is 2.24. The van der Waals surface area contributed by atoms with Crippen LogP contribution in [0.1, 0.15) is 24.1 Å². The van der Waals surface area contributed by atoms with Crippen LogP contribution in [0.4, 0.5) is 11.9 Å². The molecule has 20 heavy (non-hydrogen) atoms. The number of ether oxygens (including phenoxy) is 1.